The van der Waals surface area contributed by atoms with Crippen LogP contribution in [0.3, 0.4) is 0 Å². The van der Waals surface area contributed by atoms with Crippen LogP contribution in [0.15, 0.2) is 12.1 Å². The zero-order valence-corrected chi connectivity index (χ0v) is 9.28. The van der Waals surface area contributed by atoms with Gasteiger partial charge in [-0.05, 0) is 11.0 Å². The first-order valence-electron chi connectivity index (χ1n) is 4.62. The van der Waals surface area contributed by atoms with Gasteiger partial charge in [-0.25, -0.2) is 4.57 Å². The molecule has 92 valence electrons. The fraction of sp³-hybridized carbons (Fsp3) is 0.333. The molecule has 1 aromatic rings. The maximum absolute atomic E-state index is 11.8. The highest BCUT2D eigenvalue weighted by molar-refractivity contribution is 5.94. The Bertz CT molecular complexity index is 479. The number of carboxylic acids is 1. The number of aromatic nitrogens is 1. The molecule has 8 heteroatoms. The molecule has 1 heterocycles. The van der Waals surface area contributed by atoms with Gasteiger partial charge in [-0.15, -0.1) is 0 Å². The number of carbonyl (C=O) groups is 2. The maximum Gasteiger partial charge on any atom is 0.323 e. The number of nitrogens with zero attached hydrogens (tertiary/aromatic N) is 3. The predicted octanol–water partition coefficient (Wildman–Crippen LogP) is 0.0899. The molecular weight excluding hydrogens is 230 g/mol. The molecule has 1 N–H and O–H groups in total. The van der Waals surface area contributed by atoms with Crippen molar-refractivity contribution in [2.45, 2.75) is 0 Å². The Balaban J connectivity index is 2.97. The van der Waals surface area contributed by atoms with Gasteiger partial charge in [0.2, 0.25) is 0 Å². The number of rotatable bonds is 4. The number of amides is 1. The van der Waals surface area contributed by atoms with Gasteiger partial charge >= 0.3 is 11.8 Å². The summed E-state index contributed by atoms with van der Waals surface area (Å²) in [6.45, 7) is -0.461. The van der Waals surface area contributed by atoms with Crippen LogP contribution in [0, 0.1) is 10.1 Å². The fourth-order valence-corrected chi connectivity index (χ4v) is 1.37. The van der Waals surface area contributed by atoms with E-state index in [0.29, 0.717) is 0 Å². The highest BCUT2D eigenvalue weighted by atomic mass is 16.6. The molecule has 0 aliphatic carbocycles. The molecule has 1 aromatic heterocycles. The van der Waals surface area contributed by atoms with Crippen LogP contribution in [-0.2, 0) is 11.8 Å². The van der Waals surface area contributed by atoms with Crippen molar-refractivity contribution in [1.82, 2.24) is 9.47 Å². The predicted molar refractivity (Wildman–Crippen MR) is 56.7 cm³/mol. The smallest absolute Gasteiger partial charge is 0.323 e. The van der Waals surface area contributed by atoms with E-state index in [1.807, 2.05) is 0 Å². The van der Waals surface area contributed by atoms with Crippen molar-refractivity contribution in [3.8, 4) is 0 Å². The summed E-state index contributed by atoms with van der Waals surface area (Å²) in [4.78, 5) is 33.1. The lowest BCUT2D eigenvalue weighted by atomic mass is 10.3. The fourth-order valence-electron chi connectivity index (χ4n) is 1.37. The number of likely N-dealkylation sites (N-methyl/N-ethyl adjacent to an activating group) is 1. The molecular formula is C9H11N3O5. The normalized spacial score (nSPS) is 10.0. The zero-order chi connectivity index (χ0) is 13.2. The highest BCUT2D eigenvalue weighted by Crippen LogP contribution is 2.16. The molecule has 0 radical (unpaired) electrons. The standard InChI is InChI=1S/C9H11N3O5/c1-10(5-8(13)14)9(15)6-3-4-7(11(6)2)12(16)17/h3-4H,5H2,1-2H3,(H,13,14). The van der Waals surface area contributed by atoms with Crippen molar-refractivity contribution in [3.63, 3.8) is 0 Å². The highest BCUT2D eigenvalue weighted by Gasteiger charge is 2.24. The van der Waals surface area contributed by atoms with E-state index in [1.54, 1.807) is 0 Å². The third-order valence-corrected chi connectivity index (χ3v) is 2.22. The molecule has 0 aliphatic heterocycles. The van der Waals surface area contributed by atoms with Gasteiger partial charge < -0.3 is 20.1 Å². The Kier molecular flexibility index (Phi) is 3.46. The summed E-state index contributed by atoms with van der Waals surface area (Å²) in [5.41, 5.74) is 0.0699. The maximum atomic E-state index is 11.8. The molecule has 1 amide bonds. The van der Waals surface area contributed by atoms with E-state index < -0.39 is 23.3 Å². The van der Waals surface area contributed by atoms with E-state index in [-0.39, 0.29) is 11.5 Å². The third kappa shape index (κ3) is 2.60. The lowest BCUT2D eigenvalue weighted by molar-refractivity contribution is -0.391. The topological polar surface area (TPSA) is 106 Å². The van der Waals surface area contributed by atoms with Gasteiger partial charge in [0.1, 0.15) is 6.54 Å². The lowest BCUT2D eigenvalue weighted by Crippen LogP contribution is -2.33. The van der Waals surface area contributed by atoms with Crippen LogP contribution in [0.4, 0.5) is 5.82 Å². The second kappa shape index (κ2) is 4.64. The third-order valence-electron chi connectivity index (χ3n) is 2.22. The lowest BCUT2D eigenvalue weighted by Gasteiger charge is -2.12. The second-order valence-electron chi connectivity index (χ2n) is 3.45. The number of hydrogen-bond donors (Lipinski definition) is 1. The SMILES string of the molecule is CN(CC(=O)O)C(=O)c1ccc([N+](=O)[O-])n1C. The molecule has 0 fully saturated rings. The van der Waals surface area contributed by atoms with Crippen LogP contribution in [0.2, 0.25) is 0 Å². The minimum absolute atomic E-state index is 0.0699. The monoisotopic (exact) mass is 241 g/mol. The number of carboxylic acid groups (broad SMARTS) is 1. The summed E-state index contributed by atoms with van der Waals surface area (Å²) in [6, 6.07) is 2.49. The average Bonchev–Trinajstić information content (AvgIpc) is 2.57. The van der Waals surface area contributed by atoms with Crippen LogP contribution in [0.5, 0.6) is 0 Å². The van der Waals surface area contributed by atoms with Crippen LogP contribution in [0.25, 0.3) is 0 Å². The van der Waals surface area contributed by atoms with Gasteiger partial charge in [-0.1, -0.05) is 0 Å². The van der Waals surface area contributed by atoms with Gasteiger partial charge in [-0.3, -0.25) is 9.59 Å². The van der Waals surface area contributed by atoms with Crippen molar-refractivity contribution in [3.05, 3.63) is 27.9 Å². The van der Waals surface area contributed by atoms with Gasteiger partial charge in [0.05, 0.1) is 7.05 Å². The van der Waals surface area contributed by atoms with E-state index in [2.05, 4.69) is 0 Å². The van der Waals surface area contributed by atoms with Crippen molar-refractivity contribution in [2.75, 3.05) is 13.6 Å². The van der Waals surface area contributed by atoms with E-state index in [1.165, 1.54) is 26.2 Å². The Morgan fingerprint density at radius 3 is 2.53 bits per heavy atom. The van der Waals surface area contributed by atoms with Gasteiger partial charge in [-0.2, -0.15) is 0 Å². The summed E-state index contributed by atoms with van der Waals surface area (Å²) >= 11 is 0. The Morgan fingerprint density at radius 2 is 2.12 bits per heavy atom. The number of hydrogen-bond acceptors (Lipinski definition) is 4. The summed E-state index contributed by atoms with van der Waals surface area (Å²) < 4.78 is 1.11. The van der Waals surface area contributed by atoms with Crippen LogP contribution in [0.1, 0.15) is 10.5 Å². The quantitative estimate of drug-likeness (QED) is 0.594. The molecule has 0 atom stereocenters. The summed E-state index contributed by atoms with van der Waals surface area (Å²) in [7, 11) is 2.69. The molecule has 17 heavy (non-hydrogen) atoms. The first kappa shape index (κ1) is 12.7. The largest absolute Gasteiger partial charge is 0.480 e. The molecule has 0 aliphatic rings. The molecule has 0 bridgehead atoms. The molecule has 0 saturated carbocycles. The van der Waals surface area contributed by atoms with E-state index in [4.69, 9.17) is 5.11 Å². The van der Waals surface area contributed by atoms with Crippen LogP contribution in [-0.4, -0.2) is 45.0 Å². The minimum Gasteiger partial charge on any atom is -0.480 e. The second-order valence-corrected chi connectivity index (χ2v) is 3.45. The number of carbonyl (C=O) groups excluding carboxylic acids is 1. The summed E-state index contributed by atoms with van der Waals surface area (Å²) in [6.07, 6.45) is 0. The zero-order valence-electron chi connectivity index (χ0n) is 9.28. The van der Waals surface area contributed by atoms with E-state index in [9.17, 15) is 19.7 Å². The summed E-state index contributed by atoms with van der Waals surface area (Å²) in [5.74, 6) is -1.95. The molecule has 0 saturated heterocycles. The molecule has 8 nitrogen and oxygen atoms in total. The minimum atomic E-state index is -1.15. The van der Waals surface area contributed by atoms with Crippen molar-refractivity contribution in [1.29, 1.82) is 0 Å². The summed E-state index contributed by atoms with van der Waals surface area (Å²) in [5, 5.41) is 19.1. The molecule has 1 rings (SSSR count). The first-order chi connectivity index (χ1) is 7.84. The van der Waals surface area contributed by atoms with Crippen LogP contribution >= 0.6 is 0 Å². The van der Waals surface area contributed by atoms with E-state index >= 15 is 0 Å². The average molecular weight is 241 g/mol. The van der Waals surface area contributed by atoms with E-state index in [0.717, 1.165) is 9.47 Å². The van der Waals surface area contributed by atoms with Crippen molar-refractivity contribution in [2.24, 2.45) is 7.05 Å². The Morgan fingerprint density at radius 1 is 1.53 bits per heavy atom. The van der Waals surface area contributed by atoms with Gasteiger partial charge in [0, 0.05) is 13.1 Å². The number of aliphatic carboxylic acids is 1. The van der Waals surface area contributed by atoms with Crippen molar-refractivity contribution >= 4 is 17.7 Å². The molecule has 0 unspecified atom stereocenters. The Hall–Kier alpha value is -2.38. The molecule has 0 aromatic carbocycles. The van der Waals surface area contributed by atoms with Gasteiger partial charge in [0.25, 0.3) is 5.91 Å². The number of nitro groups is 1. The van der Waals surface area contributed by atoms with Crippen molar-refractivity contribution < 1.29 is 19.6 Å². The van der Waals surface area contributed by atoms with Gasteiger partial charge in [0.15, 0.2) is 5.69 Å². The Labute approximate surface area is 96.2 Å². The first-order valence-corrected chi connectivity index (χ1v) is 4.62. The molecule has 0 spiro atoms. The van der Waals surface area contributed by atoms with Crippen LogP contribution < -0.4 is 0 Å².